The van der Waals surface area contributed by atoms with Gasteiger partial charge in [0, 0.05) is 29.9 Å². The zero-order chi connectivity index (χ0) is 20.1. The molecular formula is C20H22BrN5O2. The maximum absolute atomic E-state index is 12.7. The van der Waals surface area contributed by atoms with Gasteiger partial charge < -0.3 is 15.4 Å². The molecular weight excluding hydrogens is 422 g/mol. The Kier molecular flexibility index (Phi) is 6.30. The predicted octanol–water partition coefficient (Wildman–Crippen LogP) is 4.01. The van der Waals surface area contributed by atoms with Gasteiger partial charge in [-0.05, 0) is 42.8 Å². The summed E-state index contributed by atoms with van der Waals surface area (Å²) in [4.78, 5) is 17.1. The second-order valence-electron chi connectivity index (χ2n) is 6.13. The summed E-state index contributed by atoms with van der Waals surface area (Å²) in [7, 11) is 3.47. The van der Waals surface area contributed by atoms with Crippen molar-refractivity contribution in [2.75, 3.05) is 17.7 Å². The van der Waals surface area contributed by atoms with Crippen LogP contribution in [0.25, 0.3) is 0 Å². The molecule has 0 aliphatic carbocycles. The van der Waals surface area contributed by atoms with Crippen molar-refractivity contribution in [1.29, 1.82) is 0 Å². The molecule has 3 rings (SSSR count). The third kappa shape index (κ3) is 4.33. The molecule has 0 unspecified atom stereocenters. The first-order chi connectivity index (χ1) is 13.5. The van der Waals surface area contributed by atoms with Crippen molar-refractivity contribution >= 4 is 33.3 Å². The van der Waals surface area contributed by atoms with Crippen molar-refractivity contribution in [2.45, 2.75) is 19.9 Å². The highest BCUT2D eigenvalue weighted by atomic mass is 79.9. The predicted molar refractivity (Wildman–Crippen MR) is 113 cm³/mol. The van der Waals surface area contributed by atoms with Gasteiger partial charge in [0.1, 0.15) is 5.82 Å². The Hall–Kier alpha value is -2.87. The van der Waals surface area contributed by atoms with E-state index in [-0.39, 0.29) is 5.91 Å². The third-order valence-corrected chi connectivity index (χ3v) is 4.82. The van der Waals surface area contributed by atoms with Gasteiger partial charge in [0.15, 0.2) is 0 Å². The smallest absolute Gasteiger partial charge is 0.259 e. The molecule has 0 saturated heterocycles. The highest BCUT2D eigenvalue weighted by Crippen LogP contribution is 2.24. The summed E-state index contributed by atoms with van der Waals surface area (Å²) in [5, 5.41) is 10.6. The Balaban J connectivity index is 1.79. The normalized spacial score (nSPS) is 10.6. The summed E-state index contributed by atoms with van der Waals surface area (Å²) in [6.45, 7) is 2.50. The van der Waals surface area contributed by atoms with Gasteiger partial charge in [-0.25, -0.2) is 9.67 Å². The summed E-state index contributed by atoms with van der Waals surface area (Å²) < 4.78 is 8.14. The maximum Gasteiger partial charge on any atom is 0.259 e. The number of nitrogens with one attached hydrogen (secondary N) is 2. The van der Waals surface area contributed by atoms with E-state index in [0.717, 1.165) is 22.2 Å². The number of anilines is 2. The van der Waals surface area contributed by atoms with Crippen LogP contribution in [0.1, 0.15) is 28.5 Å². The van der Waals surface area contributed by atoms with Crippen LogP contribution < -0.4 is 15.4 Å². The Labute approximate surface area is 172 Å². The Morgan fingerprint density at radius 1 is 1.25 bits per heavy atom. The van der Waals surface area contributed by atoms with Crippen LogP contribution in [-0.2, 0) is 20.0 Å². The van der Waals surface area contributed by atoms with Crippen LogP contribution in [0.2, 0.25) is 0 Å². The van der Waals surface area contributed by atoms with E-state index in [9.17, 15) is 4.79 Å². The Morgan fingerprint density at radius 3 is 2.68 bits per heavy atom. The quantitative estimate of drug-likeness (QED) is 0.576. The average molecular weight is 444 g/mol. The van der Waals surface area contributed by atoms with Crippen LogP contribution in [-0.4, -0.2) is 27.8 Å². The zero-order valence-electron chi connectivity index (χ0n) is 16.0. The van der Waals surface area contributed by atoms with Crippen molar-refractivity contribution in [1.82, 2.24) is 14.8 Å². The molecule has 2 aromatic heterocycles. The number of carbonyl (C=O) groups is 1. The number of amides is 1. The Bertz CT molecular complexity index is 969. The van der Waals surface area contributed by atoms with Gasteiger partial charge in [-0.2, -0.15) is 5.10 Å². The third-order valence-electron chi connectivity index (χ3n) is 4.29. The summed E-state index contributed by atoms with van der Waals surface area (Å²) in [6, 6.07) is 10.9. The van der Waals surface area contributed by atoms with Gasteiger partial charge in [-0.3, -0.25) is 4.79 Å². The number of ether oxygens (including phenoxy) is 1. The van der Waals surface area contributed by atoms with Crippen LogP contribution >= 0.6 is 15.9 Å². The molecule has 0 saturated carbocycles. The molecule has 1 aromatic carbocycles. The molecule has 2 heterocycles. The summed E-state index contributed by atoms with van der Waals surface area (Å²) in [5.41, 5.74) is 3.08. The summed E-state index contributed by atoms with van der Waals surface area (Å²) >= 11 is 3.39. The number of hydrogen-bond donors (Lipinski definition) is 2. The number of nitrogens with zero attached hydrogens (tertiary/aromatic N) is 3. The van der Waals surface area contributed by atoms with Gasteiger partial charge >= 0.3 is 0 Å². The number of carbonyl (C=O) groups excluding carboxylic acids is 1. The topological polar surface area (TPSA) is 81.1 Å². The van der Waals surface area contributed by atoms with Crippen molar-refractivity contribution in [3.05, 3.63) is 63.9 Å². The van der Waals surface area contributed by atoms with Crippen LogP contribution in [0.15, 0.2) is 47.1 Å². The van der Waals surface area contributed by atoms with Gasteiger partial charge in [0.25, 0.3) is 5.91 Å². The van der Waals surface area contributed by atoms with Crippen molar-refractivity contribution in [3.8, 4) is 5.88 Å². The van der Waals surface area contributed by atoms with E-state index >= 15 is 0 Å². The van der Waals surface area contributed by atoms with E-state index in [2.05, 4.69) is 36.6 Å². The first kappa shape index (κ1) is 19.9. The lowest BCUT2D eigenvalue weighted by Crippen LogP contribution is -2.16. The molecule has 0 bridgehead atoms. The van der Waals surface area contributed by atoms with Crippen LogP contribution in [0.3, 0.4) is 0 Å². The van der Waals surface area contributed by atoms with E-state index in [1.807, 2.05) is 38.2 Å². The average Bonchev–Trinajstić information content (AvgIpc) is 3.02. The number of methoxy groups -OCH3 is 1. The standard InChI is InChI=1S/C20H22BrN5O2/c1-4-17-16(20(28-3)26(2)25-17)12-23-18-15(6-5-11-22-18)19(27)24-14-9-7-13(21)8-10-14/h5-11H,4,12H2,1-3H3,(H,22,23)(H,24,27). The van der Waals surface area contributed by atoms with Crippen molar-refractivity contribution < 1.29 is 9.53 Å². The minimum atomic E-state index is -0.230. The molecule has 7 nitrogen and oxygen atoms in total. The van der Waals surface area contributed by atoms with Crippen LogP contribution in [0.5, 0.6) is 5.88 Å². The van der Waals surface area contributed by atoms with Gasteiger partial charge in [0.2, 0.25) is 5.88 Å². The van der Waals surface area contributed by atoms with E-state index in [0.29, 0.717) is 29.5 Å². The van der Waals surface area contributed by atoms with Gasteiger partial charge in [-0.15, -0.1) is 0 Å². The number of aryl methyl sites for hydroxylation is 2. The second kappa shape index (κ2) is 8.88. The molecule has 2 N–H and O–H groups in total. The lowest BCUT2D eigenvalue weighted by molar-refractivity contribution is 0.102. The molecule has 0 radical (unpaired) electrons. The molecule has 3 aromatic rings. The molecule has 0 atom stereocenters. The van der Waals surface area contributed by atoms with E-state index in [1.165, 1.54) is 0 Å². The summed E-state index contributed by atoms with van der Waals surface area (Å²) in [6.07, 6.45) is 2.44. The van der Waals surface area contributed by atoms with Crippen LogP contribution in [0, 0.1) is 0 Å². The molecule has 0 spiro atoms. The van der Waals surface area contributed by atoms with Gasteiger partial charge in [0.05, 0.1) is 23.9 Å². The largest absolute Gasteiger partial charge is 0.481 e. The van der Waals surface area contributed by atoms with Crippen molar-refractivity contribution in [2.24, 2.45) is 7.05 Å². The number of aromatic nitrogens is 3. The van der Waals surface area contributed by atoms with E-state index in [1.54, 1.807) is 30.1 Å². The van der Waals surface area contributed by atoms with E-state index in [4.69, 9.17) is 4.74 Å². The monoisotopic (exact) mass is 443 g/mol. The molecule has 28 heavy (non-hydrogen) atoms. The SMILES string of the molecule is CCc1nn(C)c(OC)c1CNc1ncccc1C(=O)Nc1ccc(Br)cc1. The second-order valence-corrected chi connectivity index (χ2v) is 7.04. The molecule has 8 heteroatoms. The highest BCUT2D eigenvalue weighted by molar-refractivity contribution is 9.10. The lowest BCUT2D eigenvalue weighted by Gasteiger charge is -2.12. The Morgan fingerprint density at radius 2 is 2.00 bits per heavy atom. The highest BCUT2D eigenvalue weighted by Gasteiger charge is 2.18. The van der Waals surface area contributed by atoms with Crippen molar-refractivity contribution in [3.63, 3.8) is 0 Å². The first-order valence-electron chi connectivity index (χ1n) is 8.88. The fraction of sp³-hybridized carbons (Fsp3) is 0.250. The maximum atomic E-state index is 12.7. The number of halogens is 1. The number of rotatable bonds is 7. The lowest BCUT2D eigenvalue weighted by atomic mass is 10.2. The number of pyridine rings is 1. The van der Waals surface area contributed by atoms with E-state index < -0.39 is 0 Å². The van der Waals surface area contributed by atoms with Crippen LogP contribution in [0.4, 0.5) is 11.5 Å². The first-order valence-corrected chi connectivity index (χ1v) is 9.67. The minimum absolute atomic E-state index is 0.230. The zero-order valence-corrected chi connectivity index (χ0v) is 17.6. The number of benzene rings is 1. The molecule has 0 aliphatic rings. The molecule has 146 valence electrons. The fourth-order valence-electron chi connectivity index (χ4n) is 2.96. The molecule has 0 fully saturated rings. The fourth-order valence-corrected chi connectivity index (χ4v) is 3.22. The molecule has 1 amide bonds. The van der Waals surface area contributed by atoms with Gasteiger partial charge in [-0.1, -0.05) is 22.9 Å². The minimum Gasteiger partial charge on any atom is -0.481 e. The molecule has 0 aliphatic heterocycles. The number of hydrogen-bond acceptors (Lipinski definition) is 5. The summed E-state index contributed by atoms with van der Waals surface area (Å²) in [5.74, 6) is 0.970.